The highest BCUT2D eigenvalue weighted by molar-refractivity contribution is 6.30. The predicted octanol–water partition coefficient (Wildman–Crippen LogP) is 5.01. The smallest absolute Gasteiger partial charge is 0.293 e. The lowest BCUT2D eigenvalue weighted by Crippen LogP contribution is -2.39. The highest BCUT2D eigenvalue weighted by Crippen LogP contribution is 2.38. The summed E-state index contributed by atoms with van der Waals surface area (Å²) in [6.07, 6.45) is 0.845. The lowest BCUT2D eigenvalue weighted by molar-refractivity contribution is -0.137. The van der Waals surface area contributed by atoms with Gasteiger partial charge in [-0.2, -0.15) is 13.2 Å². The second-order valence-electron chi connectivity index (χ2n) is 5.92. The van der Waals surface area contributed by atoms with Crippen LogP contribution in [0.1, 0.15) is 43.2 Å². The van der Waals surface area contributed by atoms with Gasteiger partial charge in [-0.15, -0.1) is 0 Å². The molecule has 116 valence electrons. The Labute approximate surface area is 125 Å². The second-order valence-corrected chi connectivity index (χ2v) is 6.32. The van der Waals surface area contributed by atoms with Crippen LogP contribution in [0.2, 0.25) is 5.02 Å². The number of nitrogens with zero attached hydrogens (tertiary/aromatic N) is 1. The molecule has 1 nitrogen and oxygen atoms in total. The van der Waals surface area contributed by atoms with Gasteiger partial charge in [-0.25, -0.2) is 4.39 Å². The third-order valence-corrected chi connectivity index (χ3v) is 4.90. The molecule has 0 saturated carbocycles. The predicted molar refractivity (Wildman–Crippen MR) is 72.6 cm³/mol. The van der Waals surface area contributed by atoms with E-state index in [9.17, 15) is 17.6 Å². The molecule has 2 heterocycles. The first-order valence-corrected chi connectivity index (χ1v) is 7.55. The molecule has 0 radical (unpaired) electrons. The van der Waals surface area contributed by atoms with Gasteiger partial charge in [0, 0.05) is 24.2 Å². The van der Waals surface area contributed by atoms with E-state index in [-0.39, 0.29) is 12.1 Å². The number of piperidine rings is 1. The van der Waals surface area contributed by atoms with Crippen LogP contribution in [0, 0.1) is 5.82 Å². The fraction of sp³-hybridized carbons (Fsp3) is 0.600. The third-order valence-electron chi connectivity index (χ3n) is 4.63. The van der Waals surface area contributed by atoms with Gasteiger partial charge in [0.05, 0.1) is 10.6 Å². The maximum atomic E-state index is 14.1. The summed E-state index contributed by atoms with van der Waals surface area (Å²) in [5, 5.41) is -0.454. The average Bonchev–Trinajstić information content (AvgIpc) is 2.63. The van der Waals surface area contributed by atoms with Gasteiger partial charge in [0.1, 0.15) is 5.82 Å². The van der Waals surface area contributed by atoms with E-state index < -0.39 is 22.6 Å². The Morgan fingerprint density at radius 3 is 2.29 bits per heavy atom. The van der Waals surface area contributed by atoms with Crippen LogP contribution in [-0.2, 0) is 12.7 Å². The SMILES string of the molecule is Fc1c(Cl)cc(C(F)(F)F)cc1CN1C2CCC[C@H]1CC2. The van der Waals surface area contributed by atoms with Crippen molar-refractivity contribution < 1.29 is 17.6 Å². The molecule has 2 saturated heterocycles. The third kappa shape index (κ3) is 2.90. The van der Waals surface area contributed by atoms with Crippen molar-refractivity contribution in [1.29, 1.82) is 0 Å². The number of benzene rings is 1. The first-order valence-electron chi connectivity index (χ1n) is 7.17. The number of fused-ring (bicyclic) bond motifs is 2. The standard InChI is InChI=1S/C15H16ClF4N/c16-13-7-10(15(18,19)20)6-9(14(13)17)8-21-11-2-1-3-12(21)5-4-11/h6-7,11-12H,1-5,8H2/t11-,12?/m0/s1. The van der Waals surface area contributed by atoms with Crippen molar-refractivity contribution >= 4 is 11.6 Å². The molecule has 2 aliphatic rings. The van der Waals surface area contributed by atoms with Crippen molar-refractivity contribution in [2.75, 3.05) is 0 Å². The molecule has 0 aromatic heterocycles. The lowest BCUT2D eigenvalue weighted by atomic mass is 10.0. The van der Waals surface area contributed by atoms with Crippen molar-refractivity contribution in [3.05, 3.63) is 34.1 Å². The van der Waals surface area contributed by atoms with Crippen molar-refractivity contribution in [3.8, 4) is 0 Å². The zero-order chi connectivity index (χ0) is 15.2. The van der Waals surface area contributed by atoms with E-state index in [2.05, 4.69) is 4.90 Å². The molecule has 0 aliphatic carbocycles. The van der Waals surface area contributed by atoms with Gasteiger partial charge < -0.3 is 0 Å². The minimum Gasteiger partial charge on any atom is -0.293 e. The molecule has 21 heavy (non-hydrogen) atoms. The Bertz CT molecular complexity index is 527. The van der Waals surface area contributed by atoms with E-state index in [1.165, 1.54) is 0 Å². The monoisotopic (exact) mass is 321 g/mol. The van der Waals surface area contributed by atoms with Crippen molar-refractivity contribution in [2.24, 2.45) is 0 Å². The number of hydrogen-bond acceptors (Lipinski definition) is 1. The molecular weight excluding hydrogens is 306 g/mol. The van der Waals surface area contributed by atoms with E-state index in [1.807, 2.05) is 0 Å². The highest BCUT2D eigenvalue weighted by Gasteiger charge is 2.37. The normalized spacial score (nSPS) is 26.3. The van der Waals surface area contributed by atoms with Crippen LogP contribution in [-0.4, -0.2) is 17.0 Å². The Hall–Kier alpha value is -0.810. The van der Waals surface area contributed by atoms with Gasteiger partial charge in [0.15, 0.2) is 0 Å². The van der Waals surface area contributed by atoms with E-state index in [0.29, 0.717) is 18.2 Å². The Balaban J connectivity index is 1.90. The van der Waals surface area contributed by atoms with Crippen molar-refractivity contribution in [3.63, 3.8) is 0 Å². The van der Waals surface area contributed by atoms with Crippen LogP contribution in [0.15, 0.2) is 12.1 Å². The molecule has 2 fully saturated rings. The fourth-order valence-electron chi connectivity index (χ4n) is 3.60. The summed E-state index contributed by atoms with van der Waals surface area (Å²) in [6, 6.07) is 2.30. The molecule has 1 unspecified atom stereocenters. The van der Waals surface area contributed by atoms with Crippen LogP contribution < -0.4 is 0 Å². The maximum absolute atomic E-state index is 14.1. The Kier molecular flexibility index (Phi) is 3.91. The first kappa shape index (κ1) is 15.1. The fourth-order valence-corrected chi connectivity index (χ4v) is 3.84. The van der Waals surface area contributed by atoms with Gasteiger partial charge in [-0.05, 0) is 37.8 Å². The summed E-state index contributed by atoms with van der Waals surface area (Å²) in [5.41, 5.74) is -0.832. The van der Waals surface area contributed by atoms with E-state index in [0.717, 1.165) is 38.2 Å². The number of halogens is 5. The number of rotatable bonds is 2. The van der Waals surface area contributed by atoms with E-state index in [4.69, 9.17) is 11.6 Å². The summed E-state index contributed by atoms with van der Waals surface area (Å²) in [4.78, 5) is 2.15. The van der Waals surface area contributed by atoms with Crippen LogP contribution in [0.4, 0.5) is 17.6 Å². The molecule has 3 rings (SSSR count). The van der Waals surface area contributed by atoms with Crippen LogP contribution in [0.5, 0.6) is 0 Å². The van der Waals surface area contributed by atoms with Gasteiger partial charge in [0.25, 0.3) is 0 Å². The molecule has 2 bridgehead atoms. The summed E-state index contributed by atoms with van der Waals surface area (Å²) >= 11 is 5.64. The van der Waals surface area contributed by atoms with Gasteiger partial charge in [0.2, 0.25) is 0 Å². The quantitative estimate of drug-likeness (QED) is 0.692. The van der Waals surface area contributed by atoms with Gasteiger partial charge in [-0.1, -0.05) is 18.0 Å². The number of alkyl halides is 3. The van der Waals surface area contributed by atoms with Crippen LogP contribution >= 0.6 is 11.6 Å². The minimum absolute atomic E-state index is 0.0497. The molecular formula is C15H16ClF4N. The molecule has 0 amide bonds. The van der Waals surface area contributed by atoms with Gasteiger partial charge in [-0.3, -0.25) is 4.90 Å². The zero-order valence-corrected chi connectivity index (χ0v) is 12.1. The van der Waals surface area contributed by atoms with E-state index in [1.54, 1.807) is 0 Å². The van der Waals surface area contributed by atoms with Crippen LogP contribution in [0.25, 0.3) is 0 Å². The summed E-state index contributed by atoms with van der Waals surface area (Å²) in [5.74, 6) is -0.727. The number of hydrogen-bond donors (Lipinski definition) is 0. The minimum atomic E-state index is -4.51. The summed E-state index contributed by atoms with van der Waals surface area (Å²) < 4.78 is 52.6. The van der Waals surface area contributed by atoms with Gasteiger partial charge >= 0.3 is 6.18 Å². The molecule has 2 aliphatic heterocycles. The van der Waals surface area contributed by atoms with E-state index >= 15 is 0 Å². The lowest BCUT2D eigenvalue weighted by Gasteiger charge is -2.35. The second kappa shape index (κ2) is 5.43. The Morgan fingerprint density at radius 1 is 1.10 bits per heavy atom. The topological polar surface area (TPSA) is 3.24 Å². The average molecular weight is 322 g/mol. The highest BCUT2D eigenvalue weighted by atomic mass is 35.5. The Morgan fingerprint density at radius 2 is 1.71 bits per heavy atom. The molecule has 1 aromatic rings. The molecule has 6 heteroatoms. The molecule has 0 N–H and O–H groups in total. The first-order chi connectivity index (χ1) is 9.86. The molecule has 2 atom stereocenters. The van der Waals surface area contributed by atoms with Crippen molar-refractivity contribution in [1.82, 2.24) is 4.90 Å². The summed E-state index contributed by atoms with van der Waals surface area (Å²) in [7, 11) is 0. The largest absolute Gasteiger partial charge is 0.416 e. The molecule has 1 aromatic carbocycles. The summed E-state index contributed by atoms with van der Waals surface area (Å²) in [6.45, 7) is 0.213. The molecule has 0 spiro atoms. The van der Waals surface area contributed by atoms with Crippen molar-refractivity contribution in [2.45, 2.75) is 56.9 Å². The zero-order valence-electron chi connectivity index (χ0n) is 11.4. The maximum Gasteiger partial charge on any atom is 0.416 e. The van der Waals surface area contributed by atoms with Crippen LogP contribution in [0.3, 0.4) is 0 Å².